The van der Waals surface area contributed by atoms with Crippen molar-refractivity contribution in [1.82, 2.24) is 5.32 Å². The Bertz CT molecular complexity index is 125. The van der Waals surface area contributed by atoms with E-state index in [-0.39, 0.29) is 18.2 Å². The van der Waals surface area contributed by atoms with Crippen LogP contribution in [0.4, 0.5) is 0 Å². The smallest absolute Gasteiger partial charge is 0.132 e. The normalized spacial score (nSPS) is 16.0. The first-order valence-electron chi connectivity index (χ1n) is 3.98. The number of carbonyl (C=O) groups is 1. The Kier molecular flexibility index (Phi) is 5.07. The Labute approximate surface area is 67.8 Å². The molecule has 0 aliphatic heterocycles. The van der Waals surface area contributed by atoms with Gasteiger partial charge in [-0.1, -0.05) is 6.92 Å². The number of ketones is 1. The molecule has 0 saturated heterocycles. The fourth-order valence-electron chi connectivity index (χ4n) is 0.929. The second kappa shape index (κ2) is 5.27. The lowest BCUT2D eigenvalue weighted by atomic mass is 10.1. The van der Waals surface area contributed by atoms with E-state index in [2.05, 4.69) is 5.32 Å². The molecule has 0 aliphatic carbocycles. The molecule has 0 aromatic carbocycles. The number of Topliss-reactive ketones (excluding diaryl/α,β-unsaturated/α-hetero) is 1. The van der Waals surface area contributed by atoms with Crippen molar-refractivity contribution in [1.29, 1.82) is 0 Å². The Morgan fingerprint density at radius 3 is 2.55 bits per heavy atom. The van der Waals surface area contributed by atoms with E-state index < -0.39 is 6.10 Å². The van der Waals surface area contributed by atoms with Gasteiger partial charge in [0, 0.05) is 12.5 Å². The first-order valence-corrected chi connectivity index (χ1v) is 3.98. The van der Waals surface area contributed by atoms with E-state index >= 15 is 0 Å². The van der Waals surface area contributed by atoms with Crippen molar-refractivity contribution < 1.29 is 9.90 Å². The molecule has 66 valence electrons. The summed E-state index contributed by atoms with van der Waals surface area (Å²) >= 11 is 0. The fraction of sp³-hybridized carbons (Fsp3) is 0.875. The van der Waals surface area contributed by atoms with Crippen LogP contribution in [-0.2, 0) is 4.79 Å². The van der Waals surface area contributed by atoms with Crippen molar-refractivity contribution in [2.45, 2.75) is 39.3 Å². The first-order chi connectivity index (χ1) is 5.07. The highest BCUT2D eigenvalue weighted by Gasteiger charge is 2.13. The van der Waals surface area contributed by atoms with Crippen molar-refractivity contribution in [3.8, 4) is 0 Å². The highest BCUT2D eigenvalue weighted by Crippen LogP contribution is 1.98. The van der Waals surface area contributed by atoms with E-state index in [9.17, 15) is 9.90 Å². The SMILES string of the molecule is CCNC(C)C(O)CC(C)=O. The summed E-state index contributed by atoms with van der Waals surface area (Å²) in [5, 5.41) is 12.4. The fourth-order valence-corrected chi connectivity index (χ4v) is 0.929. The third-order valence-corrected chi connectivity index (χ3v) is 1.60. The van der Waals surface area contributed by atoms with Gasteiger partial charge in [0.05, 0.1) is 6.10 Å². The predicted octanol–water partition coefficient (Wildman–Crippen LogP) is 0.324. The average Bonchev–Trinajstić information content (AvgIpc) is 1.86. The van der Waals surface area contributed by atoms with E-state index in [1.54, 1.807) is 0 Å². The lowest BCUT2D eigenvalue weighted by Crippen LogP contribution is -2.38. The summed E-state index contributed by atoms with van der Waals surface area (Å²) in [4.78, 5) is 10.6. The van der Waals surface area contributed by atoms with Gasteiger partial charge in [-0.2, -0.15) is 0 Å². The molecule has 0 heterocycles. The largest absolute Gasteiger partial charge is 0.391 e. The summed E-state index contributed by atoms with van der Waals surface area (Å²) < 4.78 is 0. The van der Waals surface area contributed by atoms with Crippen LogP contribution in [0.5, 0.6) is 0 Å². The average molecular weight is 159 g/mol. The molecule has 0 aliphatic rings. The van der Waals surface area contributed by atoms with Crippen LogP contribution in [0.3, 0.4) is 0 Å². The summed E-state index contributed by atoms with van der Waals surface area (Å²) in [7, 11) is 0. The molecule has 11 heavy (non-hydrogen) atoms. The van der Waals surface area contributed by atoms with Crippen LogP contribution in [0.1, 0.15) is 27.2 Å². The number of hydrogen-bond donors (Lipinski definition) is 2. The molecular formula is C8H17NO2. The van der Waals surface area contributed by atoms with Gasteiger partial charge in [-0.15, -0.1) is 0 Å². The van der Waals surface area contributed by atoms with Gasteiger partial charge in [-0.25, -0.2) is 0 Å². The maximum atomic E-state index is 10.6. The van der Waals surface area contributed by atoms with Crippen LogP contribution in [0.25, 0.3) is 0 Å². The zero-order valence-electron chi connectivity index (χ0n) is 7.42. The number of carbonyl (C=O) groups excluding carboxylic acids is 1. The highest BCUT2D eigenvalue weighted by atomic mass is 16.3. The molecular weight excluding hydrogens is 142 g/mol. The lowest BCUT2D eigenvalue weighted by molar-refractivity contribution is -0.119. The van der Waals surface area contributed by atoms with Crippen molar-refractivity contribution >= 4 is 5.78 Å². The van der Waals surface area contributed by atoms with Gasteiger partial charge in [0.1, 0.15) is 5.78 Å². The third-order valence-electron chi connectivity index (χ3n) is 1.60. The molecule has 0 rings (SSSR count). The van der Waals surface area contributed by atoms with Crippen LogP contribution in [0, 0.1) is 0 Å². The second-order valence-corrected chi connectivity index (χ2v) is 2.82. The molecule has 0 fully saturated rings. The van der Waals surface area contributed by atoms with E-state index in [0.29, 0.717) is 0 Å². The Morgan fingerprint density at radius 2 is 2.18 bits per heavy atom. The zero-order chi connectivity index (χ0) is 8.85. The number of aliphatic hydroxyl groups excluding tert-OH is 1. The van der Waals surface area contributed by atoms with E-state index in [1.165, 1.54) is 6.92 Å². The summed E-state index contributed by atoms with van der Waals surface area (Å²) in [6, 6.07) is 0.00361. The van der Waals surface area contributed by atoms with Gasteiger partial charge in [0.2, 0.25) is 0 Å². The zero-order valence-corrected chi connectivity index (χ0v) is 7.42. The first kappa shape index (κ1) is 10.6. The molecule has 3 heteroatoms. The number of hydrogen-bond acceptors (Lipinski definition) is 3. The van der Waals surface area contributed by atoms with E-state index in [1.807, 2.05) is 13.8 Å². The molecule has 3 nitrogen and oxygen atoms in total. The minimum absolute atomic E-state index is 0.00361. The van der Waals surface area contributed by atoms with Crippen molar-refractivity contribution in [3.05, 3.63) is 0 Å². The third kappa shape index (κ3) is 4.93. The van der Waals surface area contributed by atoms with Crippen LogP contribution < -0.4 is 5.32 Å². The number of likely N-dealkylation sites (N-methyl/N-ethyl adjacent to an activating group) is 1. The Hall–Kier alpha value is -0.410. The molecule has 0 amide bonds. The predicted molar refractivity (Wildman–Crippen MR) is 44.4 cm³/mol. The van der Waals surface area contributed by atoms with Crippen LogP contribution in [0.15, 0.2) is 0 Å². The Morgan fingerprint density at radius 1 is 1.64 bits per heavy atom. The number of rotatable bonds is 5. The van der Waals surface area contributed by atoms with Gasteiger partial charge in [-0.3, -0.25) is 4.79 Å². The highest BCUT2D eigenvalue weighted by molar-refractivity contribution is 5.76. The van der Waals surface area contributed by atoms with Gasteiger partial charge >= 0.3 is 0 Å². The summed E-state index contributed by atoms with van der Waals surface area (Å²) in [5.74, 6) is 0.0299. The van der Waals surface area contributed by atoms with E-state index in [4.69, 9.17) is 0 Å². The molecule has 2 N–H and O–H groups in total. The number of nitrogens with one attached hydrogen (secondary N) is 1. The van der Waals surface area contributed by atoms with Crippen LogP contribution in [-0.4, -0.2) is 29.6 Å². The summed E-state index contributed by atoms with van der Waals surface area (Å²) in [5.41, 5.74) is 0. The van der Waals surface area contributed by atoms with E-state index in [0.717, 1.165) is 6.54 Å². The molecule has 0 saturated carbocycles. The van der Waals surface area contributed by atoms with Crippen molar-refractivity contribution in [3.63, 3.8) is 0 Å². The molecule has 0 bridgehead atoms. The molecule has 0 aromatic heterocycles. The van der Waals surface area contributed by atoms with Crippen molar-refractivity contribution in [2.24, 2.45) is 0 Å². The van der Waals surface area contributed by atoms with Gasteiger partial charge in [0.15, 0.2) is 0 Å². The van der Waals surface area contributed by atoms with Gasteiger partial charge in [-0.05, 0) is 20.4 Å². The maximum Gasteiger partial charge on any atom is 0.132 e. The Balaban J connectivity index is 3.63. The summed E-state index contributed by atoms with van der Waals surface area (Å²) in [6.07, 6.45) is -0.304. The summed E-state index contributed by atoms with van der Waals surface area (Å²) in [6.45, 7) is 6.14. The topological polar surface area (TPSA) is 49.3 Å². The van der Waals surface area contributed by atoms with Crippen LogP contribution >= 0.6 is 0 Å². The molecule has 0 spiro atoms. The molecule has 0 aromatic rings. The molecule has 2 atom stereocenters. The molecule has 2 unspecified atom stereocenters. The standard InChI is InChI=1S/C8H17NO2/c1-4-9-7(3)8(11)5-6(2)10/h7-9,11H,4-5H2,1-3H3. The monoisotopic (exact) mass is 159 g/mol. The second-order valence-electron chi connectivity index (χ2n) is 2.82. The minimum Gasteiger partial charge on any atom is -0.391 e. The van der Waals surface area contributed by atoms with Gasteiger partial charge in [0.25, 0.3) is 0 Å². The number of aliphatic hydroxyl groups is 1. The van der Waals surface area contributed by atoms with Crippen LogP contribution in [0.2, 0.25) is 0 Å². The molecule has 0 radical (unpaired) electrons. The quantitative estimate of drug-likeness (QED) is 0.607. The lowest BCUT2D eigenvalue weighted by Gasteiger charge is -2.17. The van der Waals surface area contributed by atoms with Gasteiger partial charge < -0.3 is 10.4 Å². The minimum atomic E-state index is -0.549. The maximum absolute atomic E-state index is 10.6. The van der Waals surface area contributed by atoms with Crippen molar-refractivity contribution in [2.75, 3.05) is 6.54 Å².